The standard InChI is InChI=1S/C23H30N2O5S/c1-17-4-6-19(7-5-17)23(26)25-14-11-18(12-15-25)10-13-24-31(27,28)22-16-20(29-2)8-9-21(22)30-3/h4-9,16,18,24H,10-15H2,1-3H3. The summed E-state index contributed by atoms with van der Waals surface area (Å²) in [6.07, 6.45) is 2.45. The van der Waals surface area contributed by atoms with Gasteiger partial charge < -0.3 is 14.4 Å². The minimum Gasteiger partial charge on any atom is -0.497 e. The molecule has 2 aromatic rings. The molecule has 1 fully saturated rings. The molecule has 1 amide bonds. The molecule has 1 N–H and O–H groups in total. The summed E-state index contributed by atoms with van der Waals surface area (Å²) >= 11 is 0. The van der Waals surface area contributed by atoms with Gasteiger partial charge in [0, 0.05) is 31.3 Å². The summed E-state index contributed by atoms with van der Waals surface area (Å²) in [5.41, 5.74) is 1.84. The third-order valence-electron chi connectivity index (χ3n) is 5.71. The molecule has 0 saturated carbocycles. The average molecular weight is 447 g/mol. The van der Waals surface area contributed by atoms with Crippen molar-refractivity contribution in [3.8, 4) is 11.5 Å². The molecule has 0 unspecified atom stereocenters. The number of carbonyl (C=O) groups excluding carboxylic acids is 1. The van der Waals surface area contributed by atoms with E-state index in [-0.39, 0.29) is 16.6 Å². The first-order valence-electron chi connectivity index (χ1n) is 10.4. The van der Waals surface area contributed by atoms with Gasteiger partial charge in [-0.1, -0.05) is 17.7 Å². The zero-order valence-corrected chi connectivity index (χ0v) is 19.1. The molecule has 1 saturated heterocycles. The van der Waals surface area contributed by atoms with Crippen LogP contribution < -0.4 is 14.2 Å². The maximum absolute atomic E-state index is 12.7. The van der Waals surface area contributed by atoms with Gasteiger partial charge in [-0.2, -0.15) is 0 Å². The minimum absolute atomic E-state index is 0.0595. The number of ether oxygens (including phenoxy) is 2. The van der Waals surface area contributed by atoms with E-state index in [2.05, 4.69) is 4.72 Å². The van der Waals surface area contributed by atoms with Gasteiger partial charge in [0.2, 0.25) is 10.0 Å². The zero-order valence-electron chi connectivity index (χ0n) is 18.3. The number of aryl methyl sites for hydroxylation is 1. The Morgan fingerprint density at radius 3 is 2.35 bits per heavy atom. The number of hydrogen-bond acceptors (Lipinski definition) is 5. The van der Waals surface area contributed by atoms with Crippen molar-refractivity contribution in [2.24, 2.45) is 5.92 Å². The van der Waals surface area contributed by atoms with E-state index in [1.54, 1.807) is 12.1 Å². The number of likely N-dealkylation sites (tertiary alicyclic amines) is 1. The first-order valence-corrected chi connectivity index (χ1v) is 11.9. The summed E-state index contributed by atoms with van der Waals surface area (Å²) in [7, 11) is -0.795. The van der Waals surface area contributed by atoms with E-state index >= 15 is 0 Å². The Morgan fingerprint density at radius 1 is 1.06 bits per heavy atom. The minimum atomic E-state index is -3.72. The number of benzene rings is 2. The van der Waals surface area contributed by atoms with E-state index < -0.39 is 10.0 Å². The highest BCUT2D eigenvalue weighted by Gasteiger charge is 2.25. The molecule has 8 heteroatoms. The number of piperidine rings is 1. The van der Waals surface area contributed by atoms with Crippen LogP contribution in [0.15, 0.2) is 47.4 Å². The van der Waals surface area contributed by atoms with Gasteiger partial charge in [-0.15, -0.1) is 0 Å². The number of methoxy groups -OCH3 is 2. The summed E-state index contributed by atoms with van der Waals surface area (Å²) in [4.78, 5) is 14.6. The average Bonchev–Trinajstić information content (AvgIpc) is 2.79. The quantitative estimate of drug-likeness (QED) is 0.673. The molecular formula is C23H30N2O5S. The van der Waals surface area contributed by atoms with E-state index in [4.69, 9.17) is 9.47 Å². The van der Waals surface area contributed by atoms with Gasteiger partial charge in [0.25, 0.3) is 5.91 Å². The number of carbonyl (C=O) groups is 1. The molecule has 0 aromatic heterocycles. The Balaban J connectivity index is 1.51. The fourth-order valence-electron chi connectivity index (χ4n) is 3.77. The maximum atomic E-state index is 12.7. The van der Waals surface area contributed by atoms with Crippen molar-refractivity contribution >= 4 is 15.9 Å². The van der Waals surface area contributed by atoms with Gasteiger partial charge >= 0.3 is 0 Å². The molecule has 2 aromatic carbocycles. The highest BCUT2D eigenvalue weighted by atomic mass is 32.2. The number of nitrogens with one attached hydrogen (secondary N) is 1. The van der Waals surface area contributed by atoms with Crippen LogP contribution in [0.3, 0.4) is 0 Å². The molecule has 0 atom stereocenters. The molecule has 0 aliphatic carbocycles. The SMILES string of the molecule is COc1ccc(OC)c(S(=O)(=O)NCCC2CCN(C(=O)c3ccc(C)cc3)CC2)c1. The van der Waals surface area contributed by atoms with Crippen LogP contribution in [0.5, 0.6) is 11.5 Å². The molecule has 1 heterocycles. The lowest BCUT2D eigenvalue weighted by Crippen LogP contribution is -2.39. The first-order chi connectivity index (χ1) is 14.8. The van der Waals surface area contributed by atoms with Crippen LogP contribution in [0.1, 0.15) is 35.2 Å². The summed E-state index contributed by atoms with van der Waals surface area (Å²) in [6, 6.07) is 12.3. The number of nitrogens with zero attached hydrogens (tertiary/aromatic N) is 1. The topological polar surface area (TPSA) is 84.9 Å². The Kier molecular flexibility index (Phi) is 7.56. The maximum Gasteiger partial charge on any atom is 0.253 e. The van der Waals surface area contributed by atoms with Crippen molar-refractivity contribution in [2.45, 2.75) is 31.1 Å². The zero-order chi connectivity index (χ0) is 22.4. The van der Waals surface area contributed by atoms with Gasteiger partial charge in [0.15, 0.2) is 0 Å². The molecule has 7 nitrogen and oxygen atoms in total. The van der Waals surface area contributed by atoms with Crippen LogP contribution in [0, 0.1) is 12.8 Å². The van der Waals surface area contributed by atoms with Crippen LogP contribution >= 0.6 is 0 Å². The smallest absolute Gasteiger partial charge is 0.253 e. The van der Waals surface area contributed by atoms with Gasteiger partial charge in [-0.05, 0) is 56.4 Å². The molecule has 0 radical (unpaired) electrons. The fraction of sp³-hybridized carbons (Fsp3) is 0.435. The predicted molar refractivity (Wildman–Crippen MR) is 119 cm³/mol. The third-order valence-corrected chi connectivity index (χ3v) is 7.19. The number of rotatable bonds is 8. The second-order valence-corrected chi connectivity index (χ2v) is 9.54. The molecule has 1 aliphatic heterocycles. The highest BCUT2D eigenvalue weighted by molar-refractivity contribution is 7.89. The van der Waals surface area contributed by atoms with Gasteiger partial charge in [0.1, 0.15) is 16.4 Å². The van der Waals surface area contributed by atoms with Crippen LogP contribution in [-0.2, 0) is 10.0 Å². The van der Waals surface area contributed by atoms with Crippen molar-refractivity contribution in [2.75, 3.05) is 33.9 Å². The van der Waals surface area contributed by atoms with Gasteiger partial charge in [-0.25, -0.2) is 13.1 Å². The predicted octanol–water partition coefficient (Wildman–Crippen LogP) is 3.23. The third kappa shape index (κ3) is 5.77. The van der Waals surface area contributed by atoms with E-state index in [0.29, 0.717) is 36.9 Å². The molecule has 0 spiro atoms. The lowest BCUT2D eigenvalue weighted by Gasteiger charge is -2.32. The Hall–Kier alpha value is -2.58. The van der Waals surface area contributed by atoms with Crippen molar-refractivity contribution in [1.82, 2.24) is 9.62 Å². The van der Waals surface area contributed by atoms with Crippen LogP contribution in [0.2, 0.25) is 0 Å². The molecular weight excluding hydrogens is 416 g/mol. The largest absolute Gasteiger partial charge is 0.497 e. The summed E-state index contributed by atoms with van der Waals surface area (Å²) in [5.74, 6) is 1.16. The summed E-state index contributed by atoms with van der Waals surface area (Å²) in [5, 5.41) is 0. The molecule has 3 rings (SSSR count). The monoisotopic (exact) mass is 446 g/mol. The van der Waals surface area contributed by atoms with E-state index in [0.717, 1.165) is 24.8 Å². The number of amides is 1. The van der Waals surface area contributed by atoms with Crippen LogP contribution in [0.4, 0.5) is 0 Å². The fourth-order valence-corrected chi connectivity index (χ4v) is 5.00. The molecule has 168 valence electrons. The lowest BCUT2D eigenvalue weighted by atomic mass is 9.93. The van der Waals surface area contributed by atoms with Crippen LogP contribution in [-0.4, -0.2) is 53.1 Å². The summed E-state index contributed by atoms with van der Waals surface area (Å²) in [6.45, 7) is 3.71. The Morgan fingerprint density at radius 2 is 1.74 bits per heavy atom. The van der Waals surface area contributed by atoms with Crippen LogP contribution in [0.25, 0.3) is 0 Å². The Labute approximate surface area is 184 Å². The number of hydrogen-bond donors (Lipinski definition) is 1. The lowest BCUT2D eigenvalue weighted by molar-refractivity contribution is 0.0687. The molecule has 31 heavy (non-hydrogen) atoms. The highest BCUT2D eigenvalue weighted by Crippen LogP contribution is 2.28. The number of sulfonamides is 1. The van der Waals surface area contributed by atoms with Crippen molar-refractivity contribution in [1.29, 1.82) is 0 Å². The van der Waals surface area contributed by atoms with E-state index in [1.165, 1.54) is 20.3 Å². The van der Waals surface area contributed by atoms with E-state index in [1.807, 2.05) is 36.1 Å². The summed E-state index contributed by atoms with van der Waals surface area (Å²) < 4.78 is 38.5. The van der Waals surface area contributed by atoms with Crippen molar-refractivity contribution in [3.63, 3.8) is 0 Å². The van der Waals surface area contributed by atoms with E-state index in [9.17, 15) is 13.2 Å². The van der Waals surface area contributed by atoms with Gasteiger partial charge in [0.05, 0.1) is 14.2 Å². The Bertz CT molecular complexity index is 997. The second kappa shape index (κ2) is 10.2. The molecule has 1 aliphatic rings. The van der Waals surface area contributed by atoms with Crippen molar-refractivity contribution in [3.05, 3.63) is 53.6 Å². The first kappa shape index (κ1) is 23.1. The molecule has 0 bridgehead atoms. The van der Waals surface area contributed by atoms with Gasteiger partial charge in [-0.3, -0.25) is 4.79 Å². The normalized spacial score (nSPS) is 15.0. The van der Waals surface area contributed by atoms with Crippen molar-refractivity contribution < 1.29 is 22.7 Å². The second-order valence-electron chi connectivity index (χ2n) is 7.80.